The van der Waals surface area contributed by atoms with Crippen LogP contribution in [0.25, 0.3) is 0 Å². The maximum Gasteiger partial charge on any atom is 0.389 e. The van der Waals surface area contributed by atoms with E-state index >= 15 is 0 Å². The topological polar surface area (TPSA) is 35.5 Å². The Balaban J connectivity index is 3.00. The Bertz CT molecular complexity index is 63.2. The third-order valence-electron chi connectivity index (χ3n) is 0.490. The lowest BCUT2D eigenvalue weighted by Crippen LogP contribution is -2.11. The van der Waals surface area contributed by atoms with Crippen LogP contribution in [-0.2, 0) is 9.23 Å². The number of hydrogen-bond acceptors (Lipinski definition) is 3. The van der Waals surface area contributed by atoms with Gasteiger partial charge in [-0.15, -0.1) is 0 Å². The molecule has 0 radical (unpaired) electrons. The molecule has 0 unspecified atom stereocenters. The monoisotopic (exact) mass is 98.1 g/mol. The molecule has 0 aromatic rings. The third kappa shape index (κ3) is 3.46. The molecule has 0 saturated heterocycles. The first kappa shape index (κ1) is 6.62. The molecule has 0 saturated carbocycles. The molecule has 0 aliphatic carbocycles. The predicted octanol–water partition coefficient (Wildman–Crippen LogP) is -2.41. The van der Waals surface area contributed by atoms with Gasteiger partial charge in [-0.05, 0) is 0 Å². The number of carbonyl (C=O) groups excluding carboxylic acids is 1. The first-order valence-corrected chi connectivity index (χ1v) is 1.87. The van der Waals surface area contributed by atoms with E-state index in [1.54, 1.807) is 0 Å². The van der Waals surface area contributed by atoms with Gasteiger partial charge in [-0.2, -0.15) is 0 Å². The van der Waals surface area contributed by atoms with E-state index < -0.39 is 0 Å². The summed E-state index contributed by atoms with van der Waals surface area (Å²) in [7, 11) is 2.80. The van der Waals surface area contributed by atoms with Crippen molar-refractivity contribution in [2.45, 2.75) is 0 Å². The largest absolute Gasteiger partial charge is 0.549 e. The van der Waals surface area contributed by atoms with Crippen molar-refractivity contribution in [3.63, 3.8) is 0 Å². The molecule has 0 aliphatic rings. The molecule has 0 bridgehead atoms. The molecule has 0 aromatic heterocycles. The van der Waals surface area contributed by atoms with Crippen LogP contribution < -0.4 is 0 Å². The minimum Gasteiger partial charge on any atom is -0.549 e. The second-order valence-corrected chi connectivity index (χ2v) is 1.01. The summed E-state index contributed by atoms with van der Waals surface area (Å²) in [6.07, 6.45) is 0. The van der Waals surface area contributed by atoms with Gasteiger partial charge in [0, 0.05) is 0 Å². The summed E-state index contributed by atoms with van der Waals surface area (Å²) in [5.74, 6) is -0.345. The van der Waals surface area contributed by atoms with Gasteiger partial charge in [0.15, 0.2) is 0 Å². The summed E-state index contributed by atoms with van der Waals surface area (Å²) in [6, 6.07) is 0. The summed E-state index contributed by atoms with van der Waals surface area (Å²) in [5.41, 5.74) is 0. The van der Waals surface area contributed by atoms with E-state index in [0.29, 0.717) is 0 Å². The van der Waals surface area contributed by atoms with Crippen LogP contribution in [-0.4, -0.2) is 29.4 Å². The normalized spacial score (nSPS) is 7.43. The summed E-state index contributed by atoms with van der Waals surface area (Å²) < 4.78 is 8.65. The van der Waals surface area contributed by atoms with Crippen molar-refractivity contribution in [1.82, 2.24) is 0 Å². The van der Waals surface area contributed by atoms with Crippen LogP contribution in [0.5, 0.6) is 0 Å². The molecule has 0 fully saturated rings. The molecule has 0 heterocycles. The number of carbonyl (C=O) groups is 1. The fourth-order valence-corrected chi connectivity index (χ4v) is 0.177. The highest BCUT2D eigenvalue weighted by Crippen LogP contribution is 1.70. The minimum atomic E-state index is -0.345. The van der Waals surface area contributed by atoms with E-state index in [9.17, 15) is 4.79 Å². The average Bonchev–Trinajstić information content (AvgIpc) is 1.68. The van der Waals surface area contributed by atoms with E-state index in [1.807, 2.05) is 0 Å². The van der Waals surface area contributed by atoms with E-state index in [0.717, 1.165) is 0 Å². The molecule has 0 N–H and O–H groups in total. The maximum absolute atomic E-state index is 10.1. The molecule has 0 amide bonds. The van der Waals surface area contributed by atoms with Gasteiger partial charge in [0.05, 0.1) is 0 Å². The summed E-state index contributed by atoms with van der Waals surface area (Å²) in [6.45, 7) is 0. The highest BCUT2D eigenvalue weighted by atomic mass is 16.5. The van der Waals surface area contributed by atoms with Crippen molar-refractivity contribution in [3.8, 4) is 0 Å². The van der Waals surface area contributed by atoms with Gasteiger partial charge >= 0.3 is 15.5 Å². The predicted molar refractivity (Wildman–Crippen MR) is 31.8 cm³/mol. The molecule has 0 aromatic carbocycles. The summed E-state index contributed by atoms with van der Waals surface area (Å²) in [5, 5.41) is 0. The fraction of sp³-hybridized carbons (Fsp3) is 0. The van der Waals surface area contributed by atoms with E-state index in [2.05, 4.69) is 9.23 Å². The molecule has 0 rings (SSSR count). The second-order valence-electron chi connectivity index (χ2n) is 1.01. The first-order valence-electron chi connectivity index (χ1n) is 1.87. The highest BCUT2D eigenvalue weighted by Gasteiger charge is 1.97. The average molecular weight is 97.5 g/mol. The van der Waals surface area contributed by atoms with Crippen LogP contribution in [0.2, 0.25) is 0 Å². The smallest absolute Gasteiger partial charge is 0.389 e. The Morgan fingerprint density at radius 1 is 1.57 bits per heavy atom. The van der Waals surface area contributed by atoms with Crippen molar-refractivity contribution in [2.75, 3.05) is 0 Å². The molecular formula is CH5B3O3. The van der Waals surface area contributed by atoms with Crippen LogP contribution in [0.15, 0.2) is 0 Å². The van der Waals surface area contributed by atoms with Gasteiger partial charge in [-0.1, -0.05) is 0 Å². The summed E-state index contributed by atoms with van der Waals surface area (Å²) >= 11 is 0. The Labute approximate surface area is 44.5 Å². The van der Waals surface area contributed by atoms with E-state index in [-0.39, 0.29) is 13.4 Å². The van der Waals surface area contributed by atoms with Crippen LogP contribution in [0.4, 0.5) is 4.79 Å². The molecule has 3 nitrogen and oxygen atoms in total. The van der Waals surface area contributed by atoms with Gasteiger partial charge in [0.2, 0.25) is 8.05 Å². The van der Waals surface area contributed by atoms with Crippen molar-refractivity contribution in [1.29, 1.82) is 0 Å². The molecule has 0 spiro atoms. The summed E-state index contributed by atoms with van der Waals surface area (Å²) in [4.78, 5) is 10.1. The molecular weight excluding hydrogens is 92.4 g/mol. The van der Waals surface area contributed by atoms with Crippen molar-refractivity contribution in [2.24, 2.45) is 0 Å². The van der Waals surface area contributed by atoms with Gasteiger partial charge in [0.1, 0.15) is 0 Å². The fourth-order valence-electron chi connectivity index (χ4n) is 0.177. The molecule has 7 heavy (non-hydrogen) atoms. The molecule has 36 valence electrons. The molecule has 0 aliphatic heterocycles. The van der Waals surface area contributed by atoms with E-state index in [1.165, 1.54) is 16.1 Å². The van der Waals surface area contributed by atoms with Crippen LogP contribution in [0.3, 0.4) is 0 Å². The van der Waals surface area contributed by atoms with Gasteiger partial charge < -0.3 is 9.23 Å². The Morgan fingerprint density at radius 2 is 2.14 bits per heavy atom. The van der Waals surface area contributed by atoms with Gasteiger partial charge in [-0.3, -0.25) is 4.79 Å². The lowest BCUT2D eigenvalue weighted by molar-refractivity contribution is 0.226. The Kier molecular flexibility index (Phi) is 3.60. The van der Waals surface area contributed by atoms with Crippen molar-refractivity contribution < 1.29 is 14.0 Å². The third-order valence-corrected chi connectivity index (χ3v) is 0.490. The minimum absolute atomic E-state index is 0.0382. The first-order chi connectivity index (χ1) is 3.31. The lowest BCUT2D eigenvalue weighted by Gasteiger charge is -1.92. The SMILES string of the molecule is BOBC(=O)OB. The Morgan fingerprint density at radius 3 is 2.29 bits per heavy atom. The van der Waals surface area contributed by atoms with Gasteiger partial charge in [-0.25, -0.2) is 0 Å². The van der Waals surface area contributed by atoms with Crippen LogP contribution in [0, 0.1) is 0 Å². The zero-order valence-electron chi connectivity index (χ0n) is 4.43. The molecule has 6 heteroatoms. The van der Waals surface area contributed by atoms with Crippen molar-refractivity contribution in [3.05, 3.63) is 0 Å². The number of rotatable bonds is 2. The maximum atomic E-state index is 10.1. The lowest BCUT2D eigenvalue weighted by atomic mass is 10.0. The second kappa shape index (κ2) is 3.80. The van der Waals surface area contributed by atoms with Crippen molar-refractivity contribution >= 4 is 29.4 Å². The Hall–Kier alpha value is -0.375. The zero-order valence-corrected chi connectivity index (χ0v) is 4.43. The van der Waals surface area contributed by atoms with Crippen LogP contribution in [0.1, 0.15) is 0 Å². The highest BCUT2D eigenvalue weighted by molar-refractivity contribution is 6.70. The zero-order chi connectivity index (χ0) is 5.70. The quantitative estimate of drug-likeness (QED) is 0.360. The van der Waals surface area contributed by atoms with Gasteiger partial charge in [0.25, 0.3) is 5.87 Å². The number of hydrogen-bond donors (Lipinski definition) is 0. The standard InChI is InChI=1S/CH5B3O3/c2-6-1(5)4-7-3/h4H,2-3H2. The molecule has 0 atom stereocenters. The van der Waals surface area contributed by atoms with Crippen LogP contribution >= 0.6 is 0 Å². The van der Waals surface area contributed by atoms with E-state index in [4.69, 9.17) is 0 Å².